The summed E-state index contributed by atoms with van der Waals surface area (Å²) >= 11 is 11.7. The highest BCUT2D eigenvalue weighted by Crippen LogP contribution is 2.30. The zero-order chi connectivity index (χ0) is 20.1. The maximum Gasteiger partial charge on any atom is 0.339 e. The van der Waals surface area contributed by atoms with Gasteiger partial charge in [-0.3, -0.25) is 4.79 Å². The van der Waals surface area contributed by atoms with Crippen molar-refractivity contribution in [2.45, 2.75) is 20.0 Å². The molecule has 9 heteroatoms. The van der Waals surface area contributed by atoms with Crippen molar-refractivity contribution in [2.75, 3.05) is 19.5 Å². The molecule has 0 saturated carbocycles. The number of nitrogens with one attached hydrogen (secondary N) is 1. The smallest absolute Gasteiger partial charge is 0.339 e. The van der Waals surface area contributed by atoms with Crippen LogP contribution in [0.1, 0.15) is 22.8 Å². The lowest BCUT2D eigenvalue weighted by atomic mass is 10.1. The Labute approximate surface area is 166 Å². The number of pyridine rings is 1. The van der Waals surface area contributed by atoms with Gasteiger partial charge in [-0.15, -0.1) is 0 Å². The summed E-state index contributed by atoms with van der Waals surface area (Å²) in [6, 6.07) is 4.47. The zero-order valence-corrected chi connectivity index (χ0v) is 16.6. The molecule has 1 heterocycles. The summed E-state index contributed by atoms with van der Waals surface area (Å²) in [6.45, 7) is 3.23. The molecule has 27 heavy (non-hydrogen) atoms. The minimum Gasteiger partial charge on any atom is -0.496 e. The third-order valence-corrected chi connectivity index (χ3v) is 4.19. The molecule has 1 amide bonds. The number of aromatic nitrogens is 1. The molecule has 0 aliphatic carbocycles. The predicted octanol–water partition coefficient (Wildman–Crippen LogP) is 3.90. The van der Waals surface area contributed by atoms with Crippen LogP contribution in [-0.4, -0.2) is 37.2 Å². The molecular weight excluding hydrogens is 395 g/mol. The molecule has 1 aromatic carbocycles. The summed E-state index contributed by atoms with van der Waals surface area (Å²) in [5, 5.41) is 2.98. The average Bonchev–Trinajstić information content (AvgIpc) is 2.63. The van der Waals surface area contributed by atoms with E-state index in [1.807, 2.05) is 0 Å². The van der Waals surface area contributed by atoms with Crippen LogP contribution >= 0.6 is 23.2 Å². The Morgan fingerprint density at radius 2 is 1.70 bits per heavy atom. The first-order valence-corrected chi connectivity index (χ1v) is 8.58. The number of methoxy groups -OCH3 is 2. The molecule has 0 fully saturated rings. The lowest BCUT2D eigenvalue weighted by Crippen LogP contribution is -2.30. The van der Waals surface area contributed by atoms with Crippen LogP contribution in [0, 0.1) is 6.92 Å². The average molecular weight is 413 g/mol. The lowest BCUT2D eigenvalue weighted by Gasteiger charge is -2.15. The normalized spacial score (nSPS) is 11.5. The van der Waals surface area contributed by atoms with Crippen molar-refractivity contribution in [1.29, 1.82) is 0 Å². The van der Waals surface area contributed by atoms with Crippen LogP contribution in [-0.2, 0) is 9.53 Å². The van der Waals surface area contributed by atoms with Gasteiger partial charge in [0.25, 0.3) is 5.91 Å². The summed E-state index contributed by atoms with van der Waals surface area (Å²) in [5.74, 6) is -0.241. The van der Waals surface area contributed by atoms with Gasteiger partial charge < -0.3 is 19.5 Å². The number of hydrogen-bond donors (Lipinski definition) is 1. The van der Waals surface area contributed by atoms with Gasteiger partial charge in [0.2, 0.25) is 0 Å². The van der Waals surface area contributed by atoms with Crippen LogP contribution in [0.3, 0.4) is 0 Å². The number of hydrogen-bond acceptors (Lipinski definition) is 6. The minimum atomic E-state index is -1.09. The van der Waals surface area contributed by atoms with Gasteiger partial charge in [0.1, 0.15) is 11.5 Å². The van der Waals surface area contributed by atoms with Crippen molar-refractivity contribution in [3.05, 3.63) is 45.6 Å². The summed E-state index contributed by atoms with van der Waals surface area (Å²) in [5.41, 5.74) is 0.933. The number of ether oxygens (including phenoxy) is 3. The van der Waals surface area contributed by atoms with E-state index < -0.39 is 18.0 Å². The molecule has 0 unspecified atom stereocenters. The van der Waals surface area contributed by atoms with Crippen LogP contribution in [0.15, 0.2) is 24.4 Å². The number of carbonyl (C=O) groups excluding carboxylic acids is 2. The van der Waals surface area contributed by atoms with Crippen molar-refractivity contribution in [3.63, 3.8) is 0 Å². The molecule has 2 rings (SSSR count). The Morgan fingerprint density at radius 3 is 2.22 bits per heavy atom. The molecule has 0 spiro atoms. The van der Waals surface area contributed by atoms with Crippen LogP contribution in [0.25, 0.3) is 0 Å². The van der Waals surface area contributed by atoms with Gasteiger partial charge in [0.15, 0.2) is 11.9 Å². The largest absolute Gasteiger partial charge is 0.496 e. The molecular formula is C18H18Cl2N2O5. The van der Waals surface area contributed by atoms with E-state index in [2.05, 4.69) is 10.3 Å². The molecule has 0 saturated heterocycles. The highest BCUT2D eigenvalue weighted by molar-refractivity contribution is 6.36. The fourth-order valence-electron chi connectivity index (χ4n) is 2.21. The van der Waals surface area contributed by atoms with Crippen LogP contribution in [0.2, 0.25) is 10.0 Å². The molecule has 0 aliphatic rings. The van der Waals surface area contributed by atoms with E-state index in [-0.39, 0.29) is 16.4 Å². The monoisotopic (exact) mass is 412 g/mol. The number of rotatable bonds is 6. The number of esters is 1. The van der Waals surface area contributed by atoms with Crippen LogP contribution in [0.5, 0.6) is 11.5 Å². The van der Waals surface area contributed by atoms with E-state index in [9.17, 15) is 9.59 Å². The maximum absolute atomic E-state index is 12.4. The molecule has 0 aliphatic heterocycles. The highest BCUT2D eigenvalue weighted by Gasteiger charge is 2.22. The summed E-state index contributed by atoms with van der Waals surface area (Å²) in [6.07, 6.45) is 0.245. The van der Waals surface area contributed by atoms with Gasteiger partial charge in [-0.25, -0.2) is 9.78 Å². The molecule has 144 valence electrons. The summed E-state index contributed by atoms with van der Waals surface area (Å²) < 4.78 is 15.7. The highest BCUT2D eigenvalue weighted by atomic mass is 35.5. The van der Waals surface area contributed by atoms with Gasteiger partial charge >= 0.3 is 5.97 Å². The number of amides is 1. The number of anilines is 1. The standard InChI is InChI=1S/C18H18Cl2N2O5/c1-9-14(25-3)5-11(6-15(9)26-4)18(24)27-10(2)17(23)22-16-13(20)7-12(19)8-21-16/h5-8,10H,1-4H3,(H,21,22,23)/t10-/m1/s1. The Balaban J connectivity index is 2.11. The van der Waals surface area contributed by atoms with E-state index in [0.29, 0.717) is 16.5 Å². The third kappa shape index (κ3) is 5.02. The first-order chi connectivity index (χ1) is 12.8. The van der Waals surface area contributed by atoms with Crippen LogP contribution in [0.4, 0.5) is 5.82 Å². The zero-order valence-electron chi connectivity index (χ0n) is 15.1. The number of halogens is 2. The minimum absolute atomic E-state index is 0.118. The van der Waals surface area contributed by atoms with Gasteiger partial charge in [-0.2, -0.15) is 0 Å². The fraction of sp³-hybridized carbons (Fsp3) is 0.278. The summed E-state index contributed by atoms with van der Waals surface area (Å²) in [7, 11) is 2.96. The van der Waals surface area contributed by atoms with E-state index in [1.54, 1.807) is 6.92 Å². The SMILES string of the molecule is COc1cc(C(=O)O[C@H](C)C(=O)Nc2ncc(Cl)cc2Cl)cc(OC)c1C. The first-order valence-electron chi connectivity index (χ1n) is 7.82. The Morgan fingerprint density at radius 1 is 1.11 bits per heavy atom. The second-order valence-corrected chi connectivity index (χ2v) is 6.37. The number of nitrogens with zero attached hydrogens (tertiary/aromatic N) is 1. The molecule has 1 aromatic heterocycles. The third-order valence-electron chi connectivity index (χ3n) is 3.69. The quantitative estimate of drug-likeness (QED) is 0.723. The van der Waals surface area contributed by atoms with E-state index >= 15 is 0 Å². The number of benzene rings is 1. The van der Waals surface area contributed by atoms with E-state index in [0.717, 1.165) is 5.56 Å². The molecule has 1 atom stereocenters. The molecule has 0 bridgehead atoms. The topological polar surface area (TPSA) is 86.8 Å². The molecule has 7 nitrogen and oxygen atoms in total. The Bertz CT molecular complexity index is 848. The lowest BCUT2D eigenvalue weighted by molar-refractivity contribution is -0.123. The van der Waals surface area contributed by atoms with Crippen molar-refractivity contribution in [3.8, 4) is 11.5 Å². The molecule has 1 N–H and O–H groups in total. The molecule has 0 radical (unpaired) electrons. The van der Waals surface area contributed by atoms with Gasteiger partial charge in [-0.1, -0.05) is 23.2 Å². The van der Waals surface area contributed by atoms with Crippen molar-refractivity contribution < 1.29 is 23.8 Å². The van der Waals surface area contributed by atoms with Gasteiger partial charge in [-0.05, 0) is 32.0 Å². The fourth-order valence-corrected chi connectivity index (χ4v) is 2.64. The Kier molecular flexibility index (Phi) is 6.87. The van der Waals surface area contributed by atoms with Gasteiger partial charge in [0.05, 0.1) is 29.8 Å². The van der Waals surface area contributed by atoms with Crippen molar-refractivity contribution >= 4 is 40.9 Å². The van der Waals surface area contributed by atoms with Gasteiger partial charge in [0, 0.05) is 11.8 Å². The van der Waals surface area contributed by atoms with E-state index in [1.165, 1.54) is 45.5 Å². The van der Waals surface area contributed by atoms with Crippen molar-refractivity contribution in [2.24, 2.45) is 0 Å². The predicted molar refractivity (Wildman–Crippen MR) is 102 cm³/mol. The van der Waals surface area contributed by atoms with Crippen LogP contribution < -0.4 is 14.8 Å². The maximum atomic E-state index is 12.4. The van der Waals surface area contributed by atoms with Crippen molar-refractivity contribution in [1.82, 2.24) is 4.98 Å². The summed E-state index contributed by atoms with van der Waals surface area (Å²) in [4.78, 5) is 28.6. The van der Waals surface area contributed by atoms with E-state index in [4.69, 9.17) is 37.4 Å². The molecule has 2 aromatic rings. The Hall–Kier alpha value is -2.51. The first kappa shape index (κ1) is 20.8. The second kappa shape index (κ2) is 8.92. The second-order valence-electron chi connectivity index (χ2n) is 5.53. The number of carbonyl (C=O) groups is 2.